The normalized spacial score (nSPS) is 14.0. The van der Waals surface area contributed by atoms with Crippen molar-refractivity contribution < 1.29 is 24.2 Å². The number of rotatable bonds is 11. The van der Waals surface area contributed by atoms with E-state index in [0.717, 1.165) is 87.4 Å². The fourth-order valence-electron chi connectivity index (χ4n) is 7.15. The molecule has 2 aliphatic rings. The molecule has 2 aromatic heterocycles. The Labute approximate surface area is 370 Å². The number of aromatic nitrogens is 4. The molecule has 0 bridgehead atoms. The summed E-state index contributed by atoms with van der Waals surface area (Å²) in [6, 6.07) is 32.5. The van der Waals surface area contributed by atoms with E-state index in [-0.39, 0.29) is 28.1 Å². The number of amides is 2. The van der Waals surface area contributed by atoms with Crippen LogP contribution in [-0.2, 0) is 22.7 Å². The predicted octanol–water partition coefficient (Wildman–Crippen LogP) is 6.40. The minimum absolute atomic E-state index is 0.0606. The Morgan fingerprint density at radius 1 is 0.656 bits per heavy atom. The number of piperazine rings is 2. The van der Waals surface area contributed by atoms with Gasteiger partial charge < -0.3 is 15.1 Å². The summed E-state index contributed by atoms with van der Waals surface area (Å²) < 4.78 is 1.96. The molecule has 330 valence electrons. The van der Waals surface area contributed by atoms with Crippen molar-refractivity contribution in [1.29, 1.82) is 0 Å². The average Bonchev–Trinajstić information content (AvgIpc) is 3.81. The summed E-state index contributed by atoms with van der Waals surface area (Å²) in [5.41, 5.74) is 4.49. The molecule has 2 aliphatic heterocycles. The van der Waals surface area contributed by atoms with Gasteiger partial charge in [0.05, 0.1) is 9.85 Å². The van der Waals surface area contributed by atoms with Crippen molar-refractivity contribution in [2.45, 2.75) is 26.9 Å². The highest BCUT2D eigenvalue weighted by atomic mass is 16.6. The number of nitro groups is 2. The molecule has 18 nitrogen and oxygen atoms in total. The molecule has 18 heteroatoms. The van der Waals surface area contributed by atoms with E-state index in [2.05, 4.69) is 37.2 Å². The van der Waals surface area contributed by atoms with Crippen LogP contribution in [0.5, 0.6) is 0 Å². The van der Waals surface area contributed by atoms with E-state index in [1.807, 2.05) is 75.2 Å². The number of carbonyl (C=O) groups is 3. The zero-order valence-electron chi connectivity index (χ0n) is 35.6. The second-order valence-electron chi connectivity index (χ2n) is 15.0. The van der Waals surface area contributed by atoms with E-state index < -0.39 is 4.92 Å². The molecule has 8 rings (SSSR count). The van der Waals surface area contributed by atoms with Crippen LogP contribution in [0.1, 0.15) is 35.3 Å². The van der Waals surface area contributed by atoms with Gasteiger partial charge in [0.25, 0.3) is 11.4 Å². The molecule has 2 fully saturated rings. The van der Waals surface area contributed by atoms with Crippen molar-refractivity contribution in [2.24, 2.45) is 0 Å². The fourth-order valence-corrected chi connectivity index (χ4v) is 7.15. The van der Waals surface area contributed by atoms with Crippen molar-refractivity contribution in [2.75, 3.05) is 57.7 Å². The van der Waals surface area contributed by atoms with Crippen LogP contribution in [-0.4, -0.2) is 119 Å². The number of carbonyl (C=O) groups excluding carboxylic acids is 3. The minimum atomic E-state index is -0.535. The van der Waals surface area contributed by atoms with E-state index >= 15 is 0 Å². The summed E-state index contributed by atoms with van der Waals surface area (Å²) in [6.45, 7) is 11.2. The first-order chi connectivity index (χ1) is 30.9. The number of benzene rings is 4. The fraction of sp³-hybridized carbons (Fsp3) is 0.261. The summed E-state index contributed by atoms with van der Waals surface area (Å²) in [6.07, 6.45) is 6.00. The van der Waals surface area contributed by atoms with Gasteiger partial charge in [0.2, 0.25) is 17.8 Å². The summed E-state index contributed by atoms with van der Waals surface area (Å²) >= 11 is 0. The SMILES string of the molecule is CC(=O)N1CCN(Cc2cccc(Nc3nccc(-n4ccnc4-c4ccccc4)n3)c2)CC1.CC(=O)N1CCN(Cc2cccc([N+](=O)[O-])c2)CC1.O=Cc1cccc([N+](=O)[O-])c1. The first kappa shape index (κ1) is 45.8. The second kappa shape index (κ2) is 22.4. The third kappa shape index (κ3) is 13.2. The Morgan fingerprint density at radius 3 is 1.80 bits per heavy atom. The molecule has 0 radical (unpaired) electrons. The number of nitro benzene ring substituents is 2. The van der Waals surface area contributed by atoms with Gasteiger partial charge in [-0.15, -0.1) is 0 Å². The highest BCUT2D eigenvalue weighted by Crippen LogP contribution is 2.22. The van der Waals surface area contributed by atoms with Crippen molar-refractivity contribution in [1.82, 2.24) is 39.1 Å². The Kier molecular flexibility index (Phi) is 16.0. The molecule has 1 N–H and O–H groups in total. The molecule has 0 saturated carbocycles. The first-order valence-electron chi connectivity index (χ1n) is 20.6. The van der Waals surface area contributed by atoms with Crippen molar-refractivity contribution >= 4 is 41.1 Å². The lowest BCUT2D eigenvalue weighted by molar-refractivity contribution is -0.385. The maximum absolute atomic E-state index is 11.6. The van der Waals surface area contributed by atoms with Crippen LogP contribution in [0.25, 0.3) is 17.2 Å². The molecule has 64 heavy (non-hydrogen) atoms. The standard InChI is InChI=1S/C26H27N7O.C13H17N3O3.C7H5NO3/c1-20(34)32-16-14-31(15-17-32)19-21-6-5-9-23(18-21)29-26-28-11-10-24(30-26)33-13-12-27-25(33)22-7-3-2-4-8-22;1-11(17)15-7-5-14(6-8-15)10-12-3-2-4-13(9-12)16(18)19;9-5-6-2-1-3-7(4-6)8(10)11/h2-13,18H,14-17,19H2,1H3,(H,28,29,30);2-4,9H,5-8,10H2,1H3;1-5H. The lowest BCUT2D eigenvalue weighted by atomic mass is 10.1. The molecule has 4 heterocycles. The molecular weight excluding hydrogens is 819 g/mol. The average molecular weight is 868 g/mol. The van der Waals surface area contributed by atoms with Crippen LogP contribution in [0.3, 0.4) is 0 Å². The molecular formula is C46H49N11O7. The molecule has 6 aromatic rings. The highest BCUT2D eigenvalue weighted by molar-refractivity contribution is 5.76. The molecule has 0 atom stereocenters. The van der Waals surface area contributed by atoms with Gasteiger partial charge in [-0.05, 0) is 29.3 Å². The highest BCUT2D eigenvalue weighted by Gasteiger charge is 2.20. The topological polar surface area (TPSA) is 206 Å². The number of anilines is 2. The van der Waals surface area contributed by atoms with E-state index in [9.17, 15) is 34.6 Å². The summed E-state index contributed by atoms with van der Waals surface area (Å²) in [4.78, 5) is 74.8. The molecule has 0 aliphatic carbocycles. The smallest absolute Gasteiger partial charge is 0.270 e. The predicted molar refractivity (Wildman–Crippen MR) is 241 cm³/mol. The van der Waals surface area contributed by atoms with Crippen molar-refractivity contribution in [3.63, 3.8) is 0 Å². The minimum Gasteiger partial charge on any atom is -0.340 e. The van der Waals surface area contributed by atoms with Crippen LogP contribution in [0, 0.1) is 20.2 Å². The summed E-state index contributed by atoms with van der Waals surface area (Å²) in [5.74, 6) is 2.36. The van der Waals surface area contributed by atoms with Crippen LogP contribution < -0.4 is 5.32 Å². The number of imidazole rings is 1. The van der Waals surface area contributed by atoms with Crippen LogP contribution in [0.2, 0.25) is 0 Å². The third-order valence-electron chi connectivity index (χ3n) is 10.5. The maximum Gasteiger partial charge on any atom is 0.270 e. The summed E-state index contributed by atoms with van der Waals surface area (Å²) in [5, 5.41) is 24.2. The van der Waals surface area contributed by atoms with Crippen LogP contribution in [0.15, 0.2) is 128 Å². The van der Waals surface area contributed by atoms with E-state index in [4.69, 9.17) is 4.98 Å². The number of hydrogen-bond donors (Lipinski definition) is 1. The second-order valence-corrected chi connectivity index (χ2v) is 15.0. The molecule has 2 amide bonds. The van der Waals surface area contributed by atoms with Crippen molar-refractivity contribution in [3.8, 4) is 17.2 Å². The van der Waals surface area contributed by atoms with Gasteiger partial charge >= 0.3 is 0 Å². The van der Waals surface area contributed by atoms with E-state index in [1.165, 1.54) is 35.9 Å². The van der Waals surface area contributed by atoms with E-state index in [0.29, 0.717) is 24.3 Å². The number of nitrogens with one attached hydrogen (secondary N) is 1. The van der Waals surface area contributed by atoms with Crippen LogP contribution >= 0.6 is 0 Å². The number of nitrogens with zero attached hydrogens (tertiary/aromatic N) is 10. The number of hydrogen-bond acceptors (Lipinski definition) is 13. The molecule has 4 aromatic carbocycles. The van der Waals surface area contributed by atoms with Gasteiger partial charge in [-0.25, -0.2) is 9.97 Å². The lowest BCUT2D eigenvalue weighted by Crippen LogP contribution is -2.47. The van der Waals surface area contributed by atoms with Crippen molar-refractivity contribution in [3.05, 3.63) is 165 Å². The summed E-state index contributed by atoms with van der Waals surface area (Å²) in [7, 11) is 0. The quantitative estimate of drug-likeness (QED) is 0.0851. The van der Waals surface area contributed by atoms with Gasteiger partial charge in [0.1, 0.15) is 17.9 Å². The Morgan fingerprint density at radius 2 is 1.22 bits per heavy atom. The Hall–Kier alpha value is -7.70. The first-order valence-corrected chi connectivity index (χ1v) is 20.6. The maximum atomic E-state index is 11.6. The van der Waals surface area contributed by atoms with Gasteiger partial charge in [0.15, 0.2) is 0 Å². The number of non-ortho nitro benzene ring substituents is 2. The molecule has 2 saturated heterocycles. The Bertz CT molecular complexity index is 2540. The van der Waals surface area contributed by atoms with E-state index in [1.54, 1.807) is 38.4 Å². The van der Waals surface area contributed by atoms with Gasteiger partial charge in [0, 0.05) is 139 Å². The van der Waals surface area contributed by atoms with Crippen LogP contribution in [0.4, 0.5) is 23.0 Å². The Balaban J connectivity index is 0.000000189. The van der Waals surface area contributed by atoms with Gasteiger partial charge in [-0.2, -0.15) is 4.98 Å². The zero-order valence-corrected chi connectivity index (χ0v) is 35.6. The largest absolute Gasteiger partial charge is 0.340 e. The monoisotopic (exact) mass is 867 g/mol. The number of aldehydes is 1. The molecule has 0 spiro atoms. The van der Waals surface area contributed by atoms with Gasteiger partial charge in [-0.3, -0.25) is 49.0 Å². The van der Waals surface area contributed by atoms with Gasteiger partial charge in [-0.1, -0.05) is 66.7 Å². The lowest BCUT2D eigenvalue weighted by Gasteiger charge is -2.34. The zero-order chi connectivity index (χ0) is 45.4. The third-order valence-corrected chi connectivity index (χ3v) is 10.5. The molecule has 0 unspecified atom stereocenters.